The van der Waals surface area contributed by atoms with Crippen molar-refractivity contribution in [3.05, 3.63) is 61.4 Å². The normalized spacial score (nSPS) is 16.5. The second kappa shape index (κ2) is 10.3. The number of halogens is 2. The van der Waals surface area contributed by atoms with Crippen LogP contribution in [0.25, 0.3) is 16.6 Å². The smallest absolute Gasteiger partial charge is 0.410 e. The molecule has 0 radical (unpaired) electrons. The number of para-hydroxylation sites is 1. The molecule has 1 aliphatic rings. The summed E-state index contributed by atoms with van der Waals surface area (Å²) in [7, 11) is 0. The van der Waals surface area contributed by atoms with Gasteiger partial charge in [-0.25, -0.2) is 9.59 Å². The van der Waals surface area contributed by atoms with E-state index in [0.717, 1.165) is 27.7 Å². The van der Waals surface area contributed by atoms with Crippen molar-refractivity contribution in [1.82, 2.24) is 14.5 Å². The minimum absolute atomic E-state index is 0.0840. The number of anilines is 1. The molecule has 2 heterocycles. The summed E-state index contributed by atoms with van der Waals surface area (Å²) in [6, 6.07) is 9.75. The Bertz CT molecular complexity index is 1410. The van der Waals surface area contributed by atoms with E-state index < -0.39 is 5.60 Å². The summed E-state index contributed by atoms with van der Waals surface area (Å²) in [5, 5.41) is 1.32. The molecular formula is C28H34BrClN4O3. The molecule has 37 heavy (non-hydrogen) atoms. The largest absolute Gasteiger partial charge is 0.444 e. The topological polar surface area (TPSA) is 67.7 Å². The van der Waals surface area contributed by atoms with Gasteiger partial charge in [-0.3, -0.25) is 4.57 Å². The van der Waals surface area contributed by atoms with Crippen LogP contribution in [0.15, 0.2) is 39.6 Å². The van der Waals surface area contributed by atoms with Crippen molar-refractivity contribution in [3.8, 4) is 5.69 Å². The Morgan fingerprint density at radius 3 is 2.54 bits per heavy atom. The number of piperazine rings is 1. The van der Waals surface area contributed by atoms with Crippen LogP contribution in [0.4, 0.5) is 10.6 Å². The third-order valence-electron chi connectivity index (χ3n) is 6.58. The number of carbonyl (C=O) groups is 1. The Morgan fingerprint density at radius 2 is 1.92 bits per heavy atom. The van der Waals surface area contributed by atoms with Gasteiger partial charge in [-0.2, -0.15) is 4.98 Å². The number of aryl methyl sites for hydroxylation is 1. The zero-order valence-corrected chi connectivity index (χ0v) is 24.8. The van der Waals surface area contributed by atoms with Crippen molar-refractivity contribution >= 4 is 50.3 Å². The van der Waals surface area contributed by atoms with Gasteiger partial charge in [-0.1, -0.05) is 43.6 Å². The van der Waals surface area contributed by atoms with Gasteiger partial charge < -0.3 is 14.5 Å². The van der Waals surface area contributed by atoms with Crippen LogP contribution < -0.4 is 10.6 Å². The highest BCUT2D eigenvalue weighted by atomic mass is 79.9. The molecule has 7 nitrogen and oxygen atoms in total. The molecule has 1 aromatic heterocycles. The molecule has 0 aliphatic carbocycles. The van der Waals surface area contributed by atoms with Crippen molar-refractivity contribution < 1.29 is 9.53 Å². The third kappa shape index (κ3) is 5.50. The number of amides is 1. The van der Waals surface area contributed by atoms with E-state index in [1.54, 1.807) is 9.47 Å². The van der Waals surface area contributed by atoms with Gasteiger partial charge in [-0.05, 0) is 79.7 Å². The van der Waals surface area contributed by atoms with Gasteiger partial charge in [0.15, 0.2) is 0 Å². The van der Waals surface area contributed by atoms with Crippen molar-refractivity contribution in [2.45, 2.75) is 66.0 Å². The molecule has 4 rings (SSSR count). The predicted octanol–water partition coefficient (Wildman–Crippen LogP) is 6.68. The van der Waals surface area contributed by atoms with Crippen LogP contribution in [0.3, 0.4) is 0 Å². The molecule has 1 atom stereocenters. The average molecular weight is 590 g/mol. The average Bonchev–Trinajstić information content (AvgIpc) is 2.79. The minimum Gasteiger partial charge on any atom is -0.444 e. The maximum atomic E-state index is 13.7. The maximum Gasteiger partial charge on any atom is 0.410 e. The van der Waals surface area contributed by atoms with E-state index in [1.807, 2.05) is 58.9 Å². The number of ether oxygens (including phenoxy) is 1. The number of aromatic nitrogens is 2. The van der Waals surface area contributed by atoms with E-state index in [1.165, 1.54) is 0 Å². The SMILES string of the molecule is Cc1cccc(C(C)C)c1-n1c(=O)nc(N2CCN(C(=O)OC(C)(C)C)C[C@@H]2C)c2cc(Cl)c(Br)cc21. The molecule has 0 unspecified atom stereocenters. The van der Waals surface area contributed by atoms with Crippen molar-refractivity contribution in [2.24, 2.45) is 0 Å². The molecule has 2 aromatic carbocycles. The molecule has 1 fully saturated rings. The van der Waals surface area contributed by atoms with Crippen LogP contribution in [0.1, 0.15) is 58.6 Å². The summed E-state index contributed by atoms with van der Waals surface area (Å²) in [4.78, 5) is 34.8. The summed E-state index contributed by atoms with van der Waals surface area (Å²) in [6.07, 6.45) is -0.333. The second-order valence-corrected chi connectivity index (χ2v) is 12.2. The number of hydrogen-bond acceptors (Lipinski definition) is 5. The summed E-state index contributed by atoms with van der Waals surface area (Å²) < 4.78 is 7.97. The highest BCUT2D eigenvalue weighted by Crippen LogP contribution is 2.36. The predicted molar refractivity (Wildman–Crippen MR) is 153 cm³/mol. The van der Waals surface area contributed by atoms with Gasteiger partial charge in [0.25, 0.3) is 0 Å². The monoisotopic (exact) mass is 588 g/mol. The quantitative estimate of drug-likeness (QED) is 0.341. The van der Waals surface area contributed by atoms with E-state index in [4.69, 9.17) is 16.3 Å². The van der Waals surface area contributed by atoms with Crippen LogP contribution in [0.2, 0.25) is 5.02 Å². The molecule has 3 aromatic rings. The highest BCUT2D eigenvalue weighted by Gasteiger charge is 2.32. The standard InChI is InChI=1S/C28H34BrClN4O3/c1-16(2)19-10-8-9-17(3)24(19)34-23-14-21(29)22(30)13-20(23)25(31-26(34)35)33-12-11-32(15-18(33)4)27(36)37-28(5,6)7/h8-10,13-14,16,18H,11-12,15H2,1-7H3/t18-/m0/s1. The first-order chi connectivity index (χ1) is 17.3. The van der Waals surface area contributed by atoms with Crippen molar-refractivity contribution in [2.75, 3.05) is 24.5 Å². The van der Waals surface area contributed by atoms with E-state index in [-0.39, 0.29) is 23.7 Å². The molecule has 0 saturated carbocycles. The van der Waals surface area contributed by atoms with Crippen LogP contribution in [0.5, 0.6) is 0 Å². The minimum atomic E-state index is -0.561. The van der Waals surface area contributed by atoms with E-state index in [2.05, 4.69) is 45.7 Å². The lowest BCUT2D eigenvalue weighted by molar-refractivity contribution is 0.0218. The fourth-order valence-electron chi connectivity index (χ4n) is 4.86. The fraction of sp³-hybridized carbons (Fsp3) is 0.464. The summed E-state index contributed by atoms with van der Waals surface area (Å²) in [5.41, 5.74) is 2.73. The first-order valence-corrected chi connectivity index (χ1v) is 13.7. The molecule has 0 N–H and O–H groups in total. The van der Waals surface area contributed by atoms with Gasteiger partial charge in [0, 0.05) is 35.5 Å². The van der Waals surface area contributed by atoms with Crippen molar-refractivity contribution in [1.29, 1.82) is 0 Å². The number of benzene rings is 2. The van der Waals surface area contributed by atoms with E-state index in [9.17, 15) is 9.59 Å². The van der Waals surface area contributed by atoms with Crippen LogP contribution in [-0.4, -0.2) is 51.8 Å². The van der Waals surface area contributed by atoms with Gasteiger partial charge in [0.2, 0.25) is 0 Å². The van der Waals surface area contributed by atoms with Gasteiger partial charge in [-0.15, -0.1) is 0 Å². The molecule has 0 bridgehead atoms. The summed E-state index contributed by atoms with van der Waals surface area (Å²) in [5.74, 6) is 0.787. The molecular weight excluding hydrogens is 556 g/mol. The molecule has 198 valence electrons. The number of hydrogen-bond donors (Lipinski definition) is 0. The Labute approximate surface area is 231 Å². The molecule has 1 aliphatic heterocycles. The number of nitrogens with zero attached hydrogens (tertiary/aromatic N) is 4. The van der Waals surface area contributed by atoms with Crippen LogP contribution in [-0.2, 0) is 4.74 Å². The highest BCUT2D eigenvalue weighted by molar-refractivity contribution is 9.10. The lowest BCUT2D eigenvalue weighted by atomic mass is 9.97. The molecule has 9 heteroatoms. The zero-order chi connectivity index (χ0) is 27.2. The first-order valence-electron chi connectivity index (χ1n) is 12.5. The second-order valence-electron chi connectivity index (χ2n) is 11.0. The van der Waals surface area contributed by atoms with Crippen LogP contribution in [0, 0.1) is 6.92 Å². The molecule has 1 amide bonds. The maximum absolute atomic E-state index is 13.7. The third-order valence-corrected chi connectivity index (χ3v) is 7.78. The fourth-order valence-corrected chi connectivity index (χ4v) is 5.35. The Hall–Kier alpha value is -2.58. The van der Waals surface area contributed by atoms with Gasteiger partial charge in [0.1, 0.15) is 11.4 Å². The van der Waals surface area contributed by atoms with Crippen LogP contribution >= 0.6 is 27.5 Å². The Kier molecular flexibility index (Phi) is 7.64. The lowest BCUT2D eigenvalue weighted by Crippen LogP contribution is -2.55. The molecule has 1 saturated heterocycles. The lowest BCUT2D eigenvalue weighted by Gasteiger charge is -2.41. The van der Waals surface area contributed by atoms with Gasteiger partial charge >= 0.3 is 11.8 Å². The van der Waals surface area contributed by atoms with E-state index in [0.29, 0.717) is 34.9 Å². The summed E-state index contributed by atoms with van der Waals surface area (Å²) in [6.45, 7) is 15.3. The van der Waals surface area contributed by atoms with Gasteiger partial charge in [0.05, 0.1) is 16.2 Å². The summed E-state index contributed by atoms with van der Waals surface area (Å²) >= 11 is 10.1. The Balaban J connectivity index is 1.85. The first kappa shape index (κ1) is 27.5. The number of carbonyl (C=O) groups excluding carboxylic acids is 1. The zero-order valence-electron chi connectivity index (χ0n) is 22.4. The number of rotatable bonds is 3. The van der Waals surface area contributed by atoms with E-state index >= 15 is 0 Å². The molecule has 0 spiro atoms. The number of fused-ring (bicyclic) bond motifs is 1. The Morgan fingerprint density at radius 1 is 1.22 bits per heavy atom. The van der Waals surface area contributed by atoms with Crippen molar-refractivity contribution in [3.63, 3.8) is 0 Å².